The van der Waals surface area contributed by atoms with Crippen molar-refractivity contribution in [2.45, 2.75) is 56.4 Å². The summed E-state index contributed by atoms with van der Waals surface area (Å²) in [4.78, 5) is 30.5. The van der Waals surface area contributed by atoms with Gasteiger partial charge in [0, 0.05) is 30.7 Å². The maximum atomic E-state index is 13.0. The van der Waals surface area contributed by atoms with Gasteiger partial charge in [-0.3, -0.25) is 14.6 Å². The molecule has 0 unspecified atom stereocenters. The first-order valence-corrected chi connectivity index (χ1v) is 13.2. The summed E-state index contributed by atoms with van der Waals surface area (Å²) in [5.74, 6) is -0.489. The molecule has 0 radical (unpaired) electrons. The molecule has 196 valence electrons. The summed E-state index contributed by atoms with van der Waals surface area (Å²) in [5, 5.41) is 30.1. The zero-order valence-corrected chi connectivity index (χ0v) is 22.1. The van der Waals surface area contributed by atoms with Crippen LogP contribution in [0.5, 0.6) is 0 Å². The third kappa shape index (κ3) is 10.5. The number of nitrogens with two attached hydrogens (primary N) is 1. The van der Waals surface area contributed by atoms with E-state index >= 15 is 0 Å². The third-order valence-corrected chi connectivity index (χ3v) is 6.60. The summed E-state index contributed by atoms with van der Waals surface area (Å²) in [6.45, 7) is 4.34. The number of rotatable bonds is 14. The number of hydrogen-bond acceptors (Lipinski definition) is 6. The molecule has 0 saturated heterocycles. The molecule has 0 aliphatic carbocycles. The number of carbonyl (C=O) groups excluding carboxylic acids is 2. The van der Waals surface area contributed by atoms with E-state index in [9.17, 15) is 19.6 Å². The van der Waals surface area contributed by atoms with E-state index in [4.69, 9.17) is 5.73 Å². The highest BCUT2D eigenvalue weighted by molar-refractivity contribution is 7.99. The van der Waals surface area contributed by atoms with Crippen LogP contribution in [0, 0.1) is 5.92 Å². The van der Waals surface area contributed by atoms with Gasteiger partial charge in [0.1, 0.15) is 6.04 Å². The fraction of sp³-hybridized carbons (Fsp3) is 0.480. The standard InChI is InChI=1S/C25H38BN5O4S/c1-17(2)15-22(26(34)35)31-24(33)21(9-6-13-29-25(27)28-3)30-23(32)12-14-36-20-11-10-18-7-4-5-8-19(18)16-20/h4-5,7-8,10-11,16-17,21-22,34-35H,6,9,12-15H2,1-3H3,(H,30,32)(H,31,33)(H3,27,28,29)/t21-,22-/m0/s1. The first-order chi connectivity index (χ1) is 17.2. The van der Waals surface area contributed by atoms with Crippen LogP contribution in [0.4, 0.5) is 0 Å². The fourth-order valence-electron chi connectivity index (χ4n) is 3.70. The topological polar surface area (TPSA) is 149 Å². The van der Waals surface area contributed by atoms with Crippen LogP contribution in [0.15, 0.2) is 52.4 Å². The molecule has 0 saturated carbocycles. The average molecular weight is 515 g/mol. The van der Waals surface area contributed by atoms with Crippen LogP contribution in [0.25, 0.3) is 10.8 Å². The Morgan fingerprint density at radius 3 is 2.50 bits per heavy atom. The Labute approximate surface area is 217 Å². The molecular formula is C25H38BN5O4S. The van der Waals surface area contributed by atoms with Gasteiger partial charge in [-0.05, 0) is 48.1 Å². The van der Waals surface area contributed by atoms with Gasteiger partial charge in [0.15, 0.2) is 5.96 Å². The van der Waals surface area contributed by atoms with Crippen molar-refractivity contribution in [2.75, 3.05) is 19.3 Å². The van der Waals surface area contributed by atoms with E-state index in [2.05, 4.69) is 45.2 Å². The van der Waals surface area contributed by atoms with Crippen molar-refractivity contribution in [3.8, 4) is 0 Å². The molecule has 0 fully saturated rings. The third-order valence-electron chi connectivity index (χ3n) is 5.60. The first kappa shape index (κ1) is 29.5. The number of carbonyl (C=O) groups is 2. The lowest BCUT2D eigenvalue weighted by atomic mass is 9.75. The Morgan fingerprint density at radius 1 is 1.11 bits per heavy atom. The molecule has 9 nitrogen and oxygen atoms in total. The van der Waals surface area contributed by atoms with E-state index in [0.29, 0.717) is 37.5 Å². The lowest BCUT2D eigenvalue weighted by Gasteiger charge is -2.24. The van der Waals surface area contributed by atoms with Gasteiger partial charge < -0.3 is 31.7 Å². The van der Waals surface area contributed by atoms with E-state index in [-0.39, 0.29) is 18.2 Å². The second-order valence-corrected chi connectivity index (χ2v) is 10.2. The van der Waals surface area contributed by atoms with Crippen molar-refractivity contribution >= 4 is 47.4 Å². The van der Waals surface area contributed by atoms with Gasteiger partial charge in [-0.25, -0.2) is 0 Å². The molecule has 0 aliphatic heterocycles. The number of guanidine groups is 1. The summed E-state index contributed by atoms with van der Waals surface area (Å²) in [7, 11) is -0.114. The van der Waals surface area contributed by atoms with Crippen molar-refractivity contribution in [3.63, 3.8) is 0 Å². The van der Waals surface area contributed by atoms with Crippen molar-refractivity contribution in [1.82, 2.24) is 16.0 Å². The van der Waals surface area contributed by atoms with Crippen LogP contribution in [0.1, 0.15) is 39.5 Å². The van der Waals surface area contributed by atoms with Gasteiger partial charge in [-0.1, -0.05) is 44.2 Å². The Bertz CT molecular complexity index is 1020. The summed E-state index contributed by atoms with van der Waals surface area (Å²) in [6.07, 6.45) is 1.55. The summed E-state index contributed by atoms with van der Waals surface area (Å²) >= 11 is 1.58. The molecule has 0 bridgehead atoms. The van der Waals surface area contributed by atoms with Crippen LogP contribution in [-0.4, -0.2) is 66.3 Å². The van der Waals surface area contributed by atoms with E-state index in [1.165, 1.54) is 5.39 Å². The molecule has 0 heterocycles. The van der Waals surface area contributed by atoms with Crippen molar-refractivity contribution in [3.05, 3.63) is 42.5 Å². The monoisotopic (exact) mass is 515 g/mol. The van der Waals surface area contributed by atoms with Crippen molar-refractivity contribution in [1.29, 1.82) is 0 Å². The van der Waals surface area contributed by atoms with E-state index < -0.39 is 25.0 Å². The first-order valence-electron chi connectivity index (χ1n) is 12.2. The second-order valence-electron chi connectivity index (χ2n) is 9.06. The number of amides is 2. The number of nitrogens with one attached hydrogen (secondary N) is 3. The maximum Gasteiger partial charge on any atom is 0.475 e. The maximum absolute atomic E-state index is 13.0. The van der Waals surface area contributed by atoms with Gasteiger partial charge in [0.25, 0.3) is 0 Å². The molecule has 0 spiro atoms. The van der Waals surface area contributed by atoms with Crippen LogP contribution in [0.3, 0.4) is 0 Å². The molecule has 36 heavy (non-hydrogen) atoms. The molecule has 2 aromatic rings. The number of benzene rings is 2. The summed E-state index contributed by atoms with van der Waals surface area (Å²) < 4.78 is 0. The van der Waals surface area contributed by atoms with Crippen LogP contribution >= 0.6 is 11.8 Å². The highest BCUT2D eigenvalue weighted by Crippen LogP contribution is 2.24. The summed E-state index contributed by atoms with van der Waals surface area (Å²) in [5.41, 5.74) is 5.64. The second kappa shape index (κ2) is 15.4. The Kier molecular flexibility index (Phi) is 12.6. The van der Waals surface area contributed by atoms with E-state index in [1.807, 2.05) is 32.0 Å². The Morgan fingerprint density at radius 2 is 1.83 bits per heavy atom. The summed E-state index contributed by atoms with van der Waals surface area (Å²) in [6, 6.07) is 13.5. The normalized spacial score (nSPS) is 13.3. The van der Waals surface area contributed by atoms with Crippen LogP contribution in [-0.2, 0) is 9.59 Å². The van der Waals surface area contributed by atoms with E-state index in [1.54, 1.807) is 18.8 Å². The number of hydrogen-bond donors (Lipinski definition) is 6. The molecule has 0 aromatic heterocycles. The predicted octanol–water partition coefficient (Wildman–Crippen LogP) is 1.66. The van der Waals surface area contributed by atoms with Gasteiger partial charge in [0.05, 0.1) is 5.94 Å². The quantitative estimate of drug-likeness (QED) is 0.0737. The van der Waals surface area contributed by atoms with Crippen LogP contribution in [0.2, 0.25) is 0 Å². The highest BCUT2D eigenvalue weighted by atomic mass is 32.2. The van der Waals surface area contributed by atoms with Crippen LogP contribution < -0.4 is 21.7 Å². The van der Waals surface area contributed by atoms with Gasteiger partial charge in [-0.2, -0.15) is 0 Å². The van der Waals surface area contributed by atoms with Gasteiger partial charge >= 0.3 is 7.12 Å². The molecular weight excluding hydrogens is 477 g/mol. The number of fused-ring (bicyclic) bond motifs is 1. The zero-order valence-electron chi connectivity index (χ0n) is 21.2. The molecule has 11 heteroatoms. The minimum atomic E-state index is -1.69. The number of thioether (sulfide) groups is 1. The zero-order chi connectivity index (χ0) is 26.5. The van der Waals surface area contributed by atoms with Gasteiger partial charge in [0.2, 0.25) is 11.8 Å². The predicted molar refractivity (Wildman–Crippen MR) is 148 cm³/mol. The largest absolute Gasteiger partial charge is 0.475 e. The fourth-order valence-corrected chi connectivity index (χ4v) is 4.60. The van der Waals surface area contributed by atoms with E-state index in [0.717, 1.165) is 10.3 Å². The molecule has 2 atom stereocenters. The molecule has 7 N–H and O–H groups in total. The van der Waals surface area contributed by atoms with Crippen molar-refractivity contribution in [2.24, 2.45) is 16.6 Å². The molecule has 2 amide bonds. The minimum absolute atomic E-state index is 0.151. The average Bonchev–Trinajstić information content (AvgIpc) is 2.84. The minimum Gasteiger partial charge on any atom is -0.426 e. The number of aliphatic imine (C=N–C) groups is 1. The molecule has 2 rings (SSSR count). The highest BCUT2D eigenvalue weighted by Gasteiger charge is 2.29. The smallest absolute Gasteiger partial charge is 0.426 e. The van der Waals surface area contributed by atoms with Crippen molar-refractivity contribution < 1.29 is 19.6 Å². The Hall–Kier alpha value is -2.76. The Balaban J connectivity index is 1.94. The molecule has 2 aromatic carbocycles. The SMILES string of the molecule is CN=C(N)NCCC[C@H](NC(=O)CCSc1ccc2ccccc2c1)C(=O)N[C@@H](CC(C)C)B(O)O. The van der Waals surface area contributed by atoms with Gasteiger partial charge in [-0.15, -0.1) is 11.8 Å². The molecule has 0 aliphatic rings. The lowest BCUT2D eigenvalue weighted by Crippen LogP contribution is -2.54. The lowest BCUT2D eigenvalue weighted by molar-refractivity contribution is -0.129. The number of nitrogens with zero attached hydrogens (tertiary/aromatic N) is 1.